The van der Waals surface area contributed by atoms with Gasteiger partial charge in [0.2, 0.25) is 5.88 Å². The third kappa shape index (κ3) is 5.41. The molecule has 5 nitrogen and oxygen atoms in total. The van der Waals surface area contributed by atoms with Crippen LogP contribution in [0.3, 0.4) is 0 Å². The fourth-order valence-electron chi connectivity index (χ4n) is 1.94. The van der Waals surface area contributed by atoms with E-state index >= 15 is 0 Å². The molecule has 2 rings (SSSR count). The minimum Gasteiger partial charge on any atom is -0.481 e. The minimum atomic E-state index is -4.43. The predicted molar refractivity (Wildman–Crippen MR) is 87.8 cm³/mol. The summed E-state index contributed by atoms with van der Waals surface area (Å²) in [4.78, 5) is 15.9. The summed E-state index contributed by atoms with van der Waals surface area (Å²) in [5, 5.41) is 2.56. The zero-order valence-electron chi connectivity index (χ0n) is 13.8. The van der Waals surface area contributed by atoms with Crippen LogP contribution in [0, 0.1) is 11.8 Å². The van der Waals surface area contributed by atoms with Gasteiger partial charge in [-0.25, -0.2) is 4.98 Å². The summed E-state index contributed by atoms with van der Waals surface area (Å²) < 4.78 is 47.9. The van der Waals surface area contributed by atoms with Gasteiger partial charge in [0.1, 0.15) is 17.9 Å². The van der Waals surface area contributed by atoms with Crippen LogP contribution in [0.25, 0.3) is 0 Å². The number of rotatable bonds is 5. The third-order valence-electron chi connectivity index (χ3n) is 3.14. The second-order valence-corrected chi connectivity index (χ2v) is 4.91. The summed E-state index contributed by atoms with van der Waals surface area (Å²) in [6.07, 6.45) is -2.93. The summed E-state index contributed by atoms with van der Waals surface area (Å²) in [7, 11) is 1.41. The number of carbonyl (C=O) groups is 1. The van der Waals surface area contributed by atoms with Crippen molar-refractivity contribution < 1.29 is 27.4 Å². The molecule has 0 saturated carbocycles. The van der Waals surface area contributed by atoms with Crippen LogP contribution < -0.4 is 14.8 Å². The quantitative estimate of drug-likeness (QED) is 0.829. The molecular weight excluding hydrogens is 349 g/mol. The van der Waals surface area contributed by atoms with E-state index in [4.69, 9.17) is 9.47 Å². The Morgan fingerprint density at radius 2 is 2.04 bits per heavy atom. The van der Waals surface area contributed by atoms with Crippen LogP contribution in [-0.2, 0) is 6.18 Å². The molecule has 0 bridgehead atoms. The molecule has 0 fully saturated rings. The molecule has 26 heavy (non-hydrogen) atoms. The molecule has 0 radical (unpaired) electrons. The Labute approximate surface area is 148 Å². The number of nitrogens with zero attached hydrogens (tertiary/aromatic N) is 1. The highest BCUT2D eigenvalue weighted by Crippen LogP contribution is 2.31. The van der Waals surface area contributed by atoms with Gasteiger partial charge in [-0.05, 0) is 30.3 Å². The number of aromatic nitrogens is 1. The monoisotopic (exact) mass is 364 g/mol. The zero-order chi connectivity index (χ0) is 19.0. The predicted octanol–water partition coefficient (Wildman–Crippen LogP) is 2.92. The number of hydrogen-bond donors (Lipinski definition) is 1. The fraction of sp³-hybridized carbons (Fsp3) is 0.222. The van der Waals surface area contributed by atoms with Gasteiger partial charge in [0, 0.05) is 6.20 Å². The number of alkyl halides is 3. The van der Waals surface area contributed by atoms with Crippen molar-refractivity contribution in [3.8, 4) is 23.5 Å². The molecule has 0 spiro atoms. The van der Waals surface area contributed by atoms with Crippen molar-refractivity contribution in [2.45, 2.75) is 6.18 Å². The Kier molecular flexibility index (Phi) is 6.44. The molecule has 0 aliphatic rings. The summed E-state index contributed by atoms with van der Waals surface area (Å²) in [6.45, 7) is -0.0593. The van der Waals surface area contributed by atoms with Crippen LogP contribution in [0.2, 0.25) is 0 Å². The number of hydrogen-bond acceptors (Lipinski definition) is 4. The zero-order valence-corrected chi connectivity index (χ0v) is 13.8. The van der Waals surface area contributed by atoms with Crippen molar-refractivity contribution in [3.05, 3.63) is 53.7 Å². The number of halogens is 3. The third-order valence-corrected chi connectivity index (χ3v) is 3.14. The molecule has 0 unspecified atom stereocenters. The van der Waals surface area contributed by atoms with Gasteiger partial charge in [0.05, 0.1) is 19.2 Å². The van der Waals surface area contributed by atoms with Crippen LogP contribution in [0.1, 0.15) is 15.9 Å². The van der Waals surface area contributed by atoms with E-state index in [0.29, 0.717) is 0 Å². The van der Waals surface area contributed by atoms with Crippen LogP contribution in [0.15, 0.2) is 42.6 Å². The molecule has 8 heteroatoms. The number of nitrogens with one attached hydrogen (secondary N) is 1. The van der Waals surface area contributed by atoms with E-state index in [1.807, 2.05) is 0 Å². The van der Waals surface area contributed by atoms with Crippen LogP contribution >= 0.6 is 0 Å². The summed E-state index contributed by atoms with van der Waals surface area (Å²) in [5.41, 5.74) is -0.516. The Bertz CT molecular complexity index is 826. The van der Waals surface area contributed by atoms with Gasteiger partial charge >= 0.3 is 6.18 Å². The second-order valence-electron chi connectivity index (χ2n) is 4.91. The Balaban J connectivity index is 1.82. The van der Waals surface area contributed by atoms with Crippen molar-refractivity contribution in [3.63, 3.8) is 0 Å². The largest absolute Gasteiger partial charge is 0.481 e. The molecule has 2 aromatic rings. The molecule has 1 aromatic heterocycles. The molecule has 0 aliphatic heterocycles. The van der Waals surface area contributed by atoms with Gasteiger partial charge in [-0.2, -0.15) is 13.2 Å². The van der Waals surface area contributed by atoms with E-state index in [1.165, 1.54) is 25.4 Å². The standard InChI is InChI=1S/C18H15F3N2O3/c1-25-17-15(8-5-10-23-17)16(24)22-9-2-3-11-26-14-7-4-6-13(12-14)18(19,20)21/h4-8,10,12H,9,11H2,1H3,(H,22,24). The van der Waals surface area contributed by atoms with E-state index in [2.05, 4.69) is 22.1 Å². The smallest absolute Gasteiger partial charge is 0.416 e. The minimum absolute atomic E-state index is 0.0445. The number of benzene rings is 1. The topological polar surface area (TPSA) is 60.5 Å². The maximum atomic E-state index is 12.6. The van der Waals surface area contributed by atoms with Crippen LogP contribution in [0.4, 0.5) is 13.2 Å². The maximum absolute atomic E-state index is 12.6. The van der Waals surface area contributed by atoms with E-state index < -0.39 is 17.6 Å². The van der Waals surface area contributed by atoms with Crippen molar-refractivity contribution in [2.24, 2.45) is 0 Å². The molecule has 1 aromatic carbocycles. The van der Waals surface area contributed by atoms with Crippen LogP contribution in [-0.4, -0.2) is 31.2 Å². The van der Waals surface area contributed by atoms with Gasteiger partial charge in [0.15, 0.2) is 0 Å². The van der Waals surface area contributed by atoms with Gasteiger partial charge in [-0.15, -0.1) is 0 Å². The van der Waals surface area contributed by atoms with Gasteiger partial charge in [-0.3, -0.25) is 4.79 Å². The van der Waals surface area contributed by atoms with Gasteiger partial charge in [-0.1, -0.05) is 17.9 Å². The van der Waals surface area contributed by atoms with Crippen molar-refractivity contribution in [1.29, 1.82) is 0 Å². The lowest BCUT2D eigenvalue weighted by molar-refractivity contribution is -0.137. The molecule has 0 saturated heterocycles. The van der Waals surface area contributed by atoms with Crippen molar-refractivity contribution in [2.75, 3.05) is 20.3 Å². The number of amides is 1. The van der Waals surface area contributed by atoms with E-state index in [1.54, 1.807) is 12.1 Å². The first kappa shape index (κ1) is 19.1. The highest BCUT2D eigenvalue weighted by atomic mass is 19.4. The lowest BCUT2D eigenvalue weighted by Crippen LogP contribution is -2.24. The van der Waals surface area contributed by atoms with Crippen molar-refractivity contribution in [1.82, 2.24) is 10.3 Å². The average Bonchev–Trinajstić information content (AvgIpc) is 2.63. The van der Waals surface area contributed by atoms with Gasteiger partial charge < -0.3 is 14.8 Å². The SMILES string of the molecule is COc1ncccc1C(=O)NCC#CCOc1cccc(C(F)(F)F)c1. The van der Waals surface area contributed by atoms with Gasteiger partial charge in [0.25, 0.3) is 5.91 Å². The van der Waals surface area contributed by atoms with Crippen LogP contribution in [0.5, 0.6) is 11.6 Å². The van der Waals surface area contributed by atoms with E-state index in [-0.39, 0.29) is 30.3 Å². The summed E-state index contributed by atoms with van der Waals surface area (Å²) >= 11 is 0. The first-order valence-corrected chi connectivity index (χ1v) is 7.45. The van der Waals surface area contributed by atoms with E-state index in [9.17, 15) is 18.0 Å². The molecule has 136 valence electrons. The van der Waals surface area contributed by atoms with Crippen molar-refractivity contribution >= 4 is 5.91 Å². The first-order valence-electron chi connectivity index (χ1n) is 7.45. The Hall–Kier alpha value is -3.21. The lowest BCUT2D eigenvalue weighted by Gasteiger charge is -2.08. The first-order chi connectivity index (χ1) is 12.4. The molecule has 1 N–H and O–H groups in total. The molecule has 0 atom stereocenters. The highest BCUT2D eigenvalue weighted by molar-refractivity contribution is 5.96. The highest BCUT2D eigenvalue weighted by Gasteiger charge is 2.30. The second kappa shape index (κ2) is 8.76. The maximum Gasteiger partial charge on any atom is 0.416 e. The van der Waals surface area contributed by atoms with E-state index in [0.717, 1.165) is 12.1 Å². The number of ether oxygens (including phenoxy) is 2. The average molecular weight is 364 g/mol. The Morgan fingerprint density at radius 1 is 1.23 bits per heavy atom. The Morgan fingerprint density at radius 3 is 2.77 bits per heavy atom. The lowest BCUT2D eigenvalue weighted by atomic mass is 10.2. The summed E-state index contributed by atoms with van der Waals surface area (Å²) in [6, 6.07) is 7.69. The molecule has 1 heterocycles. The molecular formula is C18H15F3N2O3. The number of methoxy groups -OCH3 is 1. The fourth-order valence-corrected chi connectivity index (χ4v) is 1.94. The molecule has 0 aliphatic carbocycles. The summed E-state index contributed by atoms with van der Waals surface area (Å²) in [5.74, 6) is 5.13. The normalized spacial score (nSPS) is 10.5. The molecule has 1 amide bonds. The number of carbonyl (C=O) groups excluding carboxylic acids is 1. The number of pyridine rings is 1.